The van der Waals surface area contributed by atoms with E-state index < -0.39 is 0 Å². The predicted octanol–water partition coefficient (Wildman–Crippen LogP) is -1.80. The normalized spacial score (nSPS) is 9.23. The summed E-state index contributed by atoms with van der Waals surface area (Å²) in [6.07, 6.45) is 0. The maximum Gasteiger partial charge on any atom is 1.00 e. The van der Waals surface area contributed by atoms with E-state index in [4.69, 9.17) is 0 Å². The van der Waals surface area contributed by atoms with E-state index in [1.54, 1.807) is 48.5 Å². The van der Waals surface area contributed by atoms with Crippen molar-refractivity contribution < 1.29 is 68.7 Å². The van der Waals surface area contributed by atoms with Crippen LogP contribution in [-0.2, 0) is 0 Å². The van der Waals surface area contributed by atoms with Crippen LogP contribution in [0.5, 0.6) is 0 Å². The molecule has 118 valence electrons. The molecule has 3 aromatic rings. The second-order valence-corrected chi connectivity index (χ2v) is 5.19. The summed E-state index contributed by atoms with van der Waals surface area (Å²) in [6, 6.07) is 25.0. The molecule has 0 aliphatic heterocycles. The molecule has 0 spiro atoms. The van der Waals surface area contributed by atoms with Crippen molar-refractivity contribution in [3.63, 3.8) is 0 Å². The Labute approximate surface area is 197 Å². The Balaban J connectivity index is 0.00000169. The maximum atomic E-state index is 12.5. The van der Waals surface area contributed by atoms with E-state index in [0.717, 1.165) is 0 Å². The minimum absolute atomic E-state index is 0. The minimum Gasteiger partial charge on any atom is -0.322 e. The van der Waals surface area contributed by atoms with Crippen LogP contribution in [0.4, 0.5) is 11.4 Å². The van der Waals surface area contributed by atoms with Gasteiger partial charge in [-0.25, -0.2) is 0 Å². The molecule has 0 fully saturated rings. The fourth-order valence-corrected chi connectivity index (χ4v) is 2.32. The second-order valence-electron chi connectivity index (χ2n) is 5.19. The zero-order valence-electron chi connectivity index (χ0n) is 14.9. The first-order chi connectivity index (χ1) is 11.7. The van der Waals surface area contributed by atoms with Crippen molar-refractivity contribution in [2.24, 2.45) is 0 Å². The van der Waals surface area contributed by atoms with Gasteiger partial charge >= 0.3 is 59.1 Å². The van der Waals surface area contributed by atoms with Gasteiger partial charge in [0.2, 0.25) is 0 Å². The van der Waals surface area contributed by atoms with Crippen LogP contribution in [0, 0.1) is 0 Å². The van der Waals surface area contributed by atoms with Crippen LogP contribution in [-0.4, -0.2) is 11.8 Å². The SMILES string of the molecule is O=C(Nc1ccccc1)c1ccccc1C(=O)Nc1ccccc1.[Na+].[Na+]. The fraction of sp³-hybridized carbons (Fsp3) is 0. The summed E-state index contributed by atoms with van der Waals surface area (Å²) in [5.74, 6) is -0.639. The number of amides is 2. The van der Waals surface area contributed by atoms with Gasteiger partial charge in [-0.1, -0.05) is 48.5 Å². The predicted molar refractivity (Wildman–Crippen MR) is 95.2 cm³/mol. The van der Waals surface area contributed by atoms with Gasteiger partial charge < -0.3 is 10.6 Å². The van der Waals surface area contributed by atoms with Crippen molar-refractivity contribution in [1.29, 1.82) is 0 Å². The standard InChI is InChI=1S/C20H16N2O2.2Na/c23-19(21-15-9-3-1-4-10-15)17-13-7-8-14-18(17)20(24)22-16-11-5-2-6-12-16;;/h1-14H,(H,21,23)(H,22,24);;/q;2*+1. The minimum atomic E-state index is -0.319. The first kappa shape index (κ1) is 22.6. The fourth-order valence-electron chi connectivity index (χ4n) is 2.32. The van der Waals surface area contributed by atoms with Crippen LogP contribution in [0.25, 0.3) is 0 Å². The number of carbonyl (C=O) groups is 2. The number of carbonyl (C=O) groups excluding carboxylic acids is 2. The maximum absolute atomic E-state index is 12.5. The molecule has 0 heterocycles. The zero-order valence-corrected chi connectivity index (χ0v) is 18.9. The van der Waals surface area contributed by atoms with E-state index in [9.17, 15) is 9.59 Å². The molecule has 0 aromatic heterocycles. The summed E-state index contributed by atoms with van der Waals surface area (Å²) in [4.78, 5) is 25.0. The Morgan fingerprint density at radius 2 is 0.808 bits per heavy atom. The van der Waals surface area contributed by atoms with E-state index in [1.807, 2.05) is 36.4 Å². The zero-order chi connectivity index (χ0) is 16.8. The van der Waals surface area contributed by atoms with Gasteiger partial charge in [0.1, 0.15) is 0 Å². The van der Waals surface area contributed by atoms with Gasteiger partial charge in [-0.15, -0.1) is 0 Å². The van der Waals surface area contributed by atoms with Crippen molar-refractivity contribution in [3.8, 4) is 0 Å². The van der Waals surface area contributed by atoms with Crippen molar-refractivity contribution in [1.82, 2.24) is 0 Å². The van der Waals surface area contributed by atoms with Gasteiger partial charge in [-0.3, -0.25) is 9.59 Å². The van der Waals surface area contributed by atoms with Gasteiger partial charge in [0.15, 0.2) is 0 Å². The number of benzene rings is 3. The van der Waals surface area contributed by atoms with Crippen molar-refractivity contribution >= 4 is 23.2 Å². The molecule has 2 N–H and O–H groups in total. The van der Waals surface area contributed by atoms with Gasteiger partial charge in [0.25, 0.3) is 11.8 Å². The molecule has 0 radical (unpaired) electrons. The average Bonchev–Trinajstić information content (AvgIpc) is 2.63. The third-order valence-electron chi connectivity index (χ3n) is 3.48. The van der Waals surface area contributed by atoms with Crippen LogP contribution in [0.1, 0.15) is 20.7 Å². The van der Waals surface area contributed by atoms with E-state index in [-0.39, 0.29) is 70.9 Å². The van der Waals surface area contributed by atoms with Crippen molar-refractivity contribution in [2.75, 3.05) is 10.6 Å². The molecule has 0 saturated carbocycles. The second kappa shape index (κ2) is 11.3. The summed E-state index contributed by atoms with van der Waals surface area (Å²) in [6.45, 7) is 0. The summed E-state index contributed by atoms with van der Waals surface area (Å²) >= 11 is 0. The summed E-state index contributed by atoms with van der Waals surface area (Å²) in [5, 5.41) is 5.60. The first-order valence-electron chi connectivity index (χ1n) is 7.56. The summed E-state index contributed by atoms with van der Waals surface area (Å²) in [7, 11) is 0. The Morgan fingerprint density at radius 3 is 1.15 bits per heavy atom. The smallest absolute Gasteiger partial charge is 0.322 e. The van der Waals surface area contributed by atoms with Gasteiger partial charge in [0, 0.05) is 11.4 Å². The average molecular weight is 362 g/mol. The molecule has 2 amide bonds. The quantitative estimate of drug-likeness (QED) is 0.538. The first-order valence-corrected chi connectivity index (χ1v) is 7.56. The number of hydrogen-bond donors (Lipinski definition) is 2. The van der Waals surface area contributed by atoms with Crippen LogP contribution < -0.4 is 69.7 Å². The number of nitrogens with one attached hydrogen (secondary N) is 2. The number of anilines is 2. The monoisotopic (exact) mass is 362 g/mol. The topological polar surface area (TPSA) is 58.2 Å². The van der Waals surface area contributed by atoms with E-state index >= 15 is 0 Å². The molecular formula is C20H16N2Na2O2+2. The molecule has 0 unspecified atom stereocenters. The Kier molecular flexibility index (Phi) is 9.88. The van der Waals surface area contributed by atoms with Crippen LogP contribution in [0.15, 0.2) is 84.9 Å². The van der Waals surface area contributed by atoms with Crippen molar-refractivity contribution in [3.05, 3.63) is 96.1 Å². The molecule has 3 rings (SSSR count). The number of hydrogen-bond acceptors (Lipinski definition) is 2. The molecule has 0 bridgehead atoms. The molecule has 0 aliphatic carbocycles. The van der Waals surface area contributed by atoms with Gasteiger partial charge in [0.05, 0.1) is 11.1 Å². The molecule has 4 nitrogen and oxygen atoms in total. The summed E-state index contributed by atoms with van der Waals surface area (Å²) in [5.41, 5.74) is 2.02. The molecule has 3 aromatic carbocycles. The largest absolute Gasteiger partial charge is 1.00 e. The Hall–Kier alpha value is -1.40. The van der Waals surface area contributed by atoms with Crippen LogP contribution >= 0.6 is 0 Å². The van der Waals surface area contributed by atoms with E-state index in [2.05, 4.69) is 10.6 Å². The third kappa shape index (κ3) is 6.09. The molecule has 0 aliphatic rings. The number of para-hydroxylation sites is 2. The van der Waals surface area contributed by atoms with Crippen LogP contribution in [0.3, 0.4) is 0 Å². The molecular weight excluding hydrogens is 346 g/mol. The third-order valence-corrected chi connectivity index (χ3v) is 3.48. The molecule has 0 atom stereocenters. The van der Waals surface area contributed by atoms with Gasteiger partial charge in [-0.2, -0.15) is 0 Å². The molecule has 6 heteroatoms. The molecule has 0 saturated heterocycles. The Bertz CT molecular complexity index is 783. The van der Waals surface area contributed by atoms with Crippen LogP contribution in [0.2, 0.25) is 0 Å². The van der Waals surface area contributed by atoms with E-state index in [1.165, 1.54) is 0 Å². The molecule has 26 heavy (non-hydrogen) atoms. The number of rotatable bonds is 4. The Morgan fingerprint density at radius 1 is 0.500 bits per heavy atom. The van der Waals surface area contributed by atoms with Gasteiger partial charge in [-0.05, 0) is 36.4 Å². The summed E-state index contributed by atoms with van der Waals surface area (Å²) < 4.78 is 0. The van der Waals surface area contributed by atoms with E-state index in [0.29, 0.717) is 22.5 Å². The van der Waals surface area contributed by atoms with Crippen molar-refractivity contribution in [2.45, 2.75) is 0 Å².